The summed E-state index contributed by atoms with van der Waals surface area (Å²) in [4.78, 5) is 0. The molecular formula is C10H20N2O4S2. The van der Waals surface area contributed by atoms with Crippen molar-refractivity contribution in [3.8, 4) is 0 Å². The fourth-order valence-corrected chi connectivity index (χ4v) is 6.24. The van der Waals surface area contributed by atoms with Crippen LogP contribution in [0.5, 0.6) is 0 Å². The topological polar surface area (TPSA) is 83.6 Å². The van der Waals surface area contributed by atoms with E-state index < -0.39 is 19.9 Å². The van der Waals surface area contributed by atoms with Gasteiger partial charge in [0.05, 0.1) is 11.5 Å². The summed E-state index contributed by atoms with van der Waals surface area (Å²) in [6, 6.07) is -0.0328. The van der Waals surface area contributed by atoms with Crippen LogP contribution in [-0.2, 0) is 19.9 Å². The lowest BCUT2D eigenvalue weighted by atomic mass is 9.95. The molecule has 0 amide bonds. The third-order valence-corrected chi connectivity index (χ3v) is 7.07. The molecule has 0 aromatic carbocycles. The van der Waals surface area contributed by atoms with E-state index in [1.807, 2.05) is 6.92 Å². The molecule has 0 spiro atoms. The minimum atomic E-state index is -3.46. The van der Waals surface area contributed by atoms with E-state index in [1.165, 1.54) is 4.31 Å². The quantitative estimate of drug-likeness (QED) is 0.712. The number of rotatable bonds is 4. The summed E-state index contributed by atoms with van der Waals surface area (Å²) in [6.45, 7) is 4.14. The minimum Gasteiger partial charge on any atom is -0.316 e. The van der Waals surface area contributed by atoms with Crippen LogP contribution in [0.15, 0.2) is 0 Å². The smallest absolute Gasteiger partial charge is 0.215 e. The number of hydrogen-bond donors (Lipinski definition) is 1. The second-order valence-corrected chi connectivity index (χ2v) is 9.64. The molecule has 2 aliphatic rings. The SMILES string of the molecule is CC1C2CNCC2CN1S(=O)(=O)CCS(C)(=O)=O. The van der Waals surface area contributed by atoms with Gasteiger partial charge in [-0.2, -0.15) is 4.31 Å². The molecule has 0 saturated carbocycles. The maximum atomic E-state index is 12.2. The summed E-state index contributed by atoms with van der Waals surface area (Å²) in [7, 11) is -6.70. The van der Waals surface area contributed by atoms with Crippen molar-refractivity contribution < 1.29 is 16.8 Å². The van der Waals surface area contributed by atoms with Crippen molar-refractivity contribution in [3.63, 3.8) is 0 Å². The summed E-state index contributed by atoms with van der Waals surface area (Å²) in [5.41, 5.74) is 0. The van der Waals surface area contributed by atoms with Crippen LogP contribution in [0.3, 0.4) is 0 Å². The fourth-order valence-electron chi connectivity index (χ4n) is 2.87. The summed E-state index contributed by atoms with van der Waals surface area (Å²) < 4.78 is 48.0. The molecule has 0 aliphatic carbocycles. The zero-order chi connectivity index (χ0) is 13.6. The first-order valence-corrected chi connectivity index (χ1v) is 9.75. The molecule has 2 saturated heterocycles. The van der Waals surface area contributed by atoms with Crippen molar-refractivity contribution in [2.24, 2.45) is 11.8 Å². The molecule has 2 fully saturated rings. The van der Waals surface area contributed by atoms with Crippen LogP contribution in [0.4, 0.5) is 0 Å². The first-order chi connectivity index (χ1) is 8.21. The molecule has 3 unspecified atom stereocenters. The number of nitrogens with zero attached hydrogens (tertiary/aromatic N) is 1. The van der Waals surface area contributed by atoms with Gasteiger partial charge in [0.2, 0.25) is 10.0 Å². The van der Waals surface area contributed by atoms with Crippen molar-refractivity contribution in [2.75, 3.05) is 37.4 Å². The average molecular weight is 296 g/mol. The summed E-state index contributed by atoms with van der Waals surface area (Å²) in [5.74, 6) is 0.126. The van der Waals surface area contributed by atoms with Crippen LogP contribution < -0.4 is 5.32 Å². The molecule has 8 heteroatoms. The van der Waals surface area contributed by atoms with Gasteiger partial charge in [0.15, 0.2) is 0 Å². The number of sulfonamides is 1. The maximum Gasteiger partial charge on any atom is 0.215 e. The maximum absolute atomic E-state index is 12.2. The molecule has 2 rings (SSSR count). The van der Waals surface area contributed by atoms with E-state index in [1.54, 1.807) is 0 Å². The third-order valence-electron chi connectivity index (χ3n) is 3.95. The van der Waals surface area contributed by atoms with Crippen LogP contribution in [0.1, 0.15) is 6.92 Å². The Morgan fingerprint density at radius 2 is 1.83 bits per heavy atom. The van der Waals surface area contributed by atoms with Gasteiger partial charge in [-0.05, 0) is 31.8 Å². The highest BCUT2D eigenvalue weighted by Gasteiger charge is 2.46. The molecule has 0 aromatic heterocycles. The molecule has 0 radical (unpaired) electrons. The number of sulfone groups is 1. The highest BCUT2D eigenvalue weighted by Crippen LogP contribution is 2.34. The van der Waals surface area contributed by atoms with Gasteiger partial charge >= 0.3 is 0 Å². The Balaban J connectivity index is 2.07. The second kappa shape index (κ2) is 4.73. The normalized spacial score (nSPS) is 33.8. The lowest BCUT2D eigenvalue weighted by Crippen LogP contribution is -2.40. The lowest BCUT2D eigenvalue weighted by molar-refractivity contribution is 0.361. The summed E-state index contributed by atoms with van der Waals surface area (Å²) in [5, 5.41) is 3.27. The first-order valence-electron chi connectivity index (χ1n) is 6.09. The number of nitrogens with one attached hydrogen (secondary N) is 1. The van der Waals surface area contributed by atoms with Crippen molar-refractivity contribution in [3.05, 3.63) is 0 Å². The van der Waals surface area contributed by atoms with E-state index in [-0.39, 0.29) is 17.5 Å². The molecule has 2 heterocycles. The van der Waals surface area contributed by atoms with Crippen LogP contribution in [-0.4, -0.2) is 64.6 Å². The molecule has 1 N–H and O–H groups in total. The molecular weight excluding hydrogens is 276 g/mol. The van der Waals surface area contributed by atoms with E-state index in [4.69, 9.17) is 0 Å². The van der Waals surface area contributed by atoms with E-state index >= 15 is 0 Å². The second-order valence-electron chi connectivity index (χ2n) is 5.34. The van der Waals surface area contributed by atoms with Crippen LogP contribution in [0.25, 0.3) is 0 Å². The Morgan fingerprint density at radius 3 is 2.39 bits per heavy atom. The van der Waals surface area contributed by atoms with Crippen molar-refractivity contribution >= 4 is 19.9 Å². The highest BCUT2D eigenvalue weighted by molar-refractivity contribution is 7.93. The first kappa shape index (κ1) is 14.2. The van der Waals surface area contributed by atoms with Gasteiger partial charge in [-0.15, -0.1) is 0 Å². The summed E-state index contributed by atoms with van der Waals surface area (Å²) >= 11 is 0. The molecule has 18 heavy (non-hydrogen) atoms. The minimum absolute atomic E-state index is 0.0328. The van der Waals surface area contributed by atoms with E-state index in [2.05, 4.69) is 5.32 Å². The lowest BCUT2D eigenvalue weighted by Gasteiger charge is -2.23. The molecule has 6 nitrogen and oxygen atoms in total. The monoisotopic (exact) mass is 296 g/mol. The largest absolute Gasteiger partial charge is 0.316 e. The predicted octanol–water partition coefficient (Wildman–Crippen LogP) is -1.10. The van der Waals surface area contributed by atoms with Crippen LogP contribution >= 0.6 is 0 Å². The van der Waals surface area contributed by atoms with Gasteiger partial charge in [0.1, 0.15) is 9.84 Å². The van der Waals surface area contributed by atoms with Crippen LogP contribution in [0.2, 0.25) is 0 Å². The Kier molecular flexibility index (Phi) is 3.74. The van der Waals surface area contributed by atoms with E-state index in [0.717, 1.165) is 19.3 Å². The van der Waals surface area contributed by atoms with Crippen molar-refractivity contribution in [1.29, 1.82) is 0 Å². The number of fused-ring (bicyclic) bond motifs is 1. The Morgan fingerprint density at radius 1 is 1.17 bits per heavy atom. The molecule has 0 aromatic rings. The van der Waals surface area contributed by atoms with Gasteiger partial charge in [-0.25, -0.2) is 16.8 Å². The zero-order valence-corrected chi connectivity index (χ0v) is 12.3. The Hall–Kier alpha value is -0.180. The van der Waals surface area contributed by atoms with Gasteiger partial charge in [0.25, 0.3) is 0 Å². The summed E-state index contributed by atoms with van der Waals surface area (Å²) in [6.07, 6.45) is 1.06. The predicted molar refractivity (Wildman–Crippen MR) is 69.5 cm³/mol. The van der Waals surface area contributed by atoms with Gasteiger partial charge in [0, 0.05) is 18.8 Å². The third kappa shape index (κ3) is 2.87. The van der Waals surface area contributed by atoms with Gasteiger partial charge < -0.3 is 5.32 Å². The van der Waals surface area contributed by atoms with Crippen LogP contribution in [0, 0.1) is 11.8 Å². The van der Waals surface area contributed by atoms with Crippen molar-refractivity contribution in [1.82, 2.24) is 9.62 Å². The molecule has 0 bridgehead atoms. The molecule has 3 atom stereocenters. The Bertz CT molecular complexity index is 514. The highest BCUT2D eigenvalue weighted by atomic mass is 32.2. The average Bonchev–Trinajstić information content (AvgIpc) is 2.78. The number of hydrogen-bond acceptors (Lipinski definition) is 5. The Labute approximate surface area is 109 Å². The van der Waals surface area contributed by atoms with Gasteiger partial charge in [-0.1, -0.05) is 0 Å². The van der Waals surface area contributed by atoms with Crippen molar-refractivity contribution in [2.45, 2.75) is 13.0 Å². The van der Waals surface area contributed by atoms with E-state index in [9.17, 15) is 16.8 Å². The van der Waals surface area contributed by atoms with Gasteiger partial charge in [-0.3, -0.25) is 0 Å². The molecule has 2 aliphatic heterocycles. The molecule has 106 valence electrons. The van der Waals surface area contributed by atoms with E-state index in [0.29, 0.717) is 18.4 Å². The fraction of sp³-hybridized carbons (Fsp3) is 1.00. The standard InChI is InChI=1S/C10H20N2O4S2/c1-8-10-6-11-5-9(10)7-12(8)18(15,16)4-3-17(2,13)14/h8-11H,3-7H2,1-2H3. The zero-order valence-electron chi connectivity index (χ0n) is 10.7.